The summed E-state index contributed by atoms with van der Waals surface area (Å²) in [6.07, 6.45) is 1.76. The Labute approximate surface area is 146 Å². The summed E-state index contributed by atoms with van der Waals surface area (Å²) in [5.41, 5.74) is 6.63. The second-order valence-electron chi connectivity index (χ2n) is 4.45. The average Bonchev–Trinajstić information content (AvgIpc) is 2.90. The molecule has 0 fully saturated rings. The van der Waals surface area contributed by atoms with Crippen LogP contribution in [0, 0.1) is 20.8 Å². The zero-order valence-corrected chi connectivity index (χ0v) is 13.7. The Balaban J connectivity index is 0.000000647. The van der Waals surface area contributed by atoms with Gasteiger partial charge in [0.25, 0.3) is 22.0 Å². The minimum Gasteiger partial charge on any atom is -0.696 e. The van der Waals surface area contributed by atoms with Crippen molar-refractivity contribution >= 4 is 45.3 Å². The van der Waals surface area contributed by atoms with Gasteiger partial charge in [-0.3, -0.25) is 14.9 Å². The molecule has 9 heteroatoms. The molecule has 2 N–H and O–H groups in total. The van der Waals surface area contributed by atoms with Crippen molar-refractivity contribution < 1.29 is 14.1 Å². The molecule has 0 spiro atoms. The highest BCUT2D eigenvalue weighted by Crippen LogP contribution is 2.23. The van der Waals surface area contributed by atoms with E-state index in [1.165, 1.54) is 41.0 Å². The van der Waals surface area contributed by atoms with Crippen LogP contribution in [0.25, 0.3) is 4.83 Å². The first-order valence-electron chi connectivity index (χ1n) is 6.48. The highest BCUT2D eigenvalue weighted by atomic mass is 32.1. The van der Waals surface area contributed by atoms with Crippen LogP contribution in [0.2, 0.25) is 0 Å². The van der Waals surface area contributed by atoms with E-state index in [0.717, 1.165) is 4.83 Å². The third-order valence-corrected chi connectivity index (χ3v) is 4.02. The van der Waals surface area contributed by atoms with Crippen LogP contribution in [0.4, 0.5) is 10.7 Å². The zero-order valence-electron chi connectivity index (χ0n) is 12.1. The summed E-state index contributed by atoms with van der Waals surface area (Å²) in [6, 6.07) is 11.0. The van der Waals surface area contributed by atoms with Crippen molar-refractivity contribution in [3.05, 3.63) is 70.0 Å². The predicted molar refractivity (Wildman–Crippen MR) is 91.4 cm³/mol. The molecule has 0 aliphatic rings. The summed E-state index contributed by atoms with van der Waals surface area (Å²) >= 11 is 5.02. The van der Waals surface area contributed by atoms with Crippen molar-refractivity contribution in [1.29, 1.82) is 5.26 Å². The molecule has 0 radical (unpaired) electrons. The van der Waals surface area contributed by atoms with Gasteiger partial charge < -0.3 is 18.4 Å². The number of nitrogens with zero attached hydrogens (tertiary/aromatic N) is 3. The van der Waals surface area contributed by atoms with E-state index in [-0.39, 0.29) is 11.5 Å². The SMILES string of the molecule is N#C[S-].Nc1sc2cccc[n+]2c1C(=O)c1ccc([N+](=O)[O-])cc1. The van der Waals surface area contributed by atoms with Gasteiger partial charge in [0, 0.05) is 29.8 Å². The third-order valence-electron chi connectivity index (χ3n) is 3.07. The van der Waals surface area contributed by atoms with Crippen LogP contribution in [0.3, 0.4) is 0 Å². The van der Waals surface area contributed by atoms with E-state index in [9.17, 15) is 14.9 Å². The van der Waals surface area contributed by atoms with E-state index < -0.39 is 4.92 Å². The minimum absolute atomic E-state index is 0.0534. The number of nitro groups is 1. The molecule has 120 valence electrons. The number of aromatic nitrogens is 1. The first-order chi connectivity index (χ1) is 11.5. The number of carbonyl (C=O) groups excluding carboxylic acids is 1. The number of ketones is 1. The topological polar surface area (TPSA) is 114 Å². The molecule has 2 heterocycles. The molecule has 0 saturated carbocycles. The Morgan fingerprint density at radius 1 is 1.29 bits per heavy atom. The lowest BCUT2D eigenvalue weighted by Gasteiger charge is -1.97. The molecule has 0 aliphatic carbocycles. The summed E-state index contributed by atoms with van der Waals surface area (Å²) in [6.45, 7) is 0. The smallest absolute Gasteiger partial charge is 0.293 e. The predicted octanol–water partition coefficient (Wildman–Crippen LogP) is 2.22. The monoisotopic (exact) mass is 358 g/mol. The molecule has 3 rings (SSSR count). The number of anilines is 1. The van der Waals surface area contributed by atoms with Gasteiger partial charge in [0.05, 0.1) is 4.92 Å². The maximum atomic E-state index is 12.6. The fourth-order valence-corrected chi connectivity index (χ4v) is 2.98. The number of rotatable bonds is 3. The summed E-state index contributed by atoms with van der Waals surface area (Å²) < 4.78 is 1.73. The number of carbonyl (C=O) groups is 1. The highest BCUT2D eigenvalue weighted by Gasteiger charge is 2.27. The Morgan fingerprint density at radius 2 is 1.92 bits per heavy atom. The van der Waals surface area contributed by atoms with E-state index >= 15 is 0 Å². The van der Waals surface area contributed by atoms with Gasteiger partial charge in [0.2, 0.25) is 0 Å². The fourth-order valence-electron chi connectivity index (χ4n) is 2.07. The van der Waals surface area contributed by atoms with Gasteiger partial charge in [0.15, 0.2) is 11.2 Å². The maximum Gasteiger partial charge on any atom is 0.293 e. The number of nitriles is 1. The lowest BCUT2D eigenvalue weighted by molar-refractivity contribution is -0.509. The Bertz CT molecular complexity index is 946. The molecule has 24 heavy (non-hydrogen) atoms. The van der Waals surface area contributed by atoms with E-state index in [1.807, 2.05) is 18.2 Å². The fraction of sp³-hybridized carbons (Fsp3) is 0. The maximum absolute atomic E-state index is 12.6. The molecule has 1 aromatic carbocycles. The van der Waals surface area contributed by atoms with Crippen molar-refractivity contribution in [2.45, 2.75) is 0 Å². The molecule has 0 aliphatic heterocycles. The molecule has 0 amide bonds. The largest absolute Gasteiger partial charge is 0.696 e. The number of nitrogen functional groups attached to an aromatic ring is 1. The number of fused-ring (bicyclic) bond motifs is 1. The summed E-state index contributed by atoms with van der Waals surface area (Å²) in [5.74, 6) is -0.259. The van der Waals surface area contributed by atoms with Crippen LogP contribution in [0.15, 0.2) is 48.7 Å². The minimum atomic E-state index is -0.503. The first kappa shape index (κ1) is 17.3. The van der Waals surface area contributed by atoms with E-state index in [2.05, 4.69) is 12.6 Å². The van der Waals surface area contributed by atoms with Crippen LogP contribution >= 0.6 is 11.3 Å². The quantitative estimate of drug-likeness (QED) is 0.192. The second-order valence-corrected chi connectivity index (χ2v) is 5.69. The van der Waals surface area contributed by atoms with Crippen LogP contribution < -0.4 is 10.1 Å². The molecule has 0 unspecified atom stereocenters. The van der Waals surface area contributed by atoms with Crippen molar-refractivity contribution in [2.75, 3.05) is 5.73 Å². The molecule has 0 atom stereocenters. The first-order valence-corrected chi connectivity index (χ1v) is 7.71. The van der Waals surface area contributed by atoms with Gasteiger partial charge in [-0.05, 0) is 29.5 Å². The Hall–Kier alpha value is -3.09. The van der Waals surface area contributed by atoms with Gasteiger partial charge in [-0.15, -0.1) is 4.40 Å². The number of thiocyanates is 1. The van der Waals surface area contributed by atoms with Crippen LogP contribution in [-0.2, 0) is 12.6 Å². The van der Waals surface area contributed by atoms with Crippen LogP contribution in [0.1, 0.15) is 16.1 Å². The number of thiazole rings is 1. The van der Waals surface area contributed by atoms with Crippen molar-refractivity contribution in [1.82, 2.24) is 0 Å². The number of pyridine rings is 1. The van der Waals surface area contributed by atoms with Crippen molar-refractivity contribution in [3.8, 4) is 5.40 Å². The third kappa shape index (κ3) is 3.45. The number of nitro benzene ring substituents is 1. The molecular formula is C15H10N4O3S2. The number of hydrogen-bond acceptors (Lipinski definition) is 7. The Kier molecular flexibility index (Phi) is 5.36. The van der Waals surface area contributed by atoms with Crippen LogP contribution in [0.5, 0.6) is 0 Å². The summed E-state index contributed by atoms with van der Waals surface area (Å²) in [5, 5.41) is 19.5. The van der Waals surface area contributed by atoms with E-state index in [0.29, 0.717) is 16.3 Å². The second kappa shape index (κ2) is 7.45. The lowest BCUT2D eigenvalue weighted by atomic mass is 10.1. The summed E-state index contributed by atoms with van der Waals surface area (Å²) in [7, 11) is 0. The molecule has 0 saturated heterocycles. The number of benzene rings is 1. The normalized spacial score (nSPS) is 9.62. The van der Waals surface area contributed by atoms with Gasteiger partial charge in [-0.1, -0.05) is 5.40 Å². The van der Waals surface area contributed by atoms with Crippen molar-refractivity contribution in [2.24, 2.45) is 0 Å². The number of non-ortho nitro benzene ring substituents is 1. The van der Waals surface area contributed by atoms with Gasteiger partial charge in [0.1, 0.15) is 0 Å². The van der Waals surface area contributed by atoms with E-state index in [1.54, 1.807) is 10.6 Å². The van der Waals surface area contributed by atoms with Gasteiger partial charge in [-0.25, -0.2) is 5.26 Å². The molecule has 7 nitrogen and oxygen atoms in total. The van der Waals surface area contributed by atoms with Gasteiger partial charge in [-0.2, -0.15) is 0 Å². The molecule has 2 aromatic heterocycles. The molecule has 3 aromatic rings. The lowest BCUT2D eigenvalue weighted by Crippen LogP contribution is -2.28. The van der Waals surface area contributed by atoms with Crippen molar-refractivity contribution in [3.63, 3.8) is 0 Å². The zero-order chi connectivity index (χ0) is 17.7. The van der Waals surface area contributed by atoms with E-state index in [4.69, 9.17) is 11.0 Å². The summed E-state index contributed by atoms with van der Waals surface area (Å²) in [4.78, 5) is 23.6. The number of hydrogen-bond donors (Lipinski definition) is 1. The standard InChI is InChI=1S/C14H9N3O3S.CHNS/c15-14-12(16-8-2-1-3-11(16)21-14)13(18)9-4-6-10(7-5-9)17(19)20;2-1-3/h1-8H,(H-,15,18);3H. The number of nitrogens with two attached hydrogens (primary N) is 1. The van der Waals surface area contributed by atoms with Gasteiger partial charge >= 0.3 is 0 Å². The Morgan fingerprint density at radius 3 is 2.50 bits per heavy atom. The van der Waals surface area contributed by atoms with Crippen LogP contribution in [-0.4, -0.2) is 10.7 Å². The molecular weight excluding hydrogens is 348 g/mol. The molecule has 0 bridgehead atoms. The highest BCUT2D eigenvalue weighted by molar-refractivity contribution is 7.64. The average molecular weight is 358 g/mol.